The topological polar surface area (TPSA) is 23.1 Å². The van der Waals surface area contributed by atoms with E-state index in [1.165, 1.54) is 11.5 Å². The number of hydrogen-bond donors (Lipinski definition) is 0. The first kappa shape index (κ1) is 12.7. The maximum Gasteiger partial charge on any atom is 0.0446 e. The molecule has 1 fully saturated rings. The maximum atomic E-state index is 12.1. The molecule has 2 heteroatoms. The molecule has 1 aliphatic rings. The molecule has 1 saturated heterocycles. The van der Waals surface area contributed by atoms with Crippen LogP contribution in [0.5, 0.6) is 0 Å². The predicted molar refractivity (Wildman–Crippen MR) is 62.8 cm³/mol. The Morgan fingerprint density at radius 3 is 2.13 bits per heavy atom. The van der Waals surface area contributed by atoms with Gasteiger partial charge in [-0.1, -0.05) is 6.08 Å². The van der Waals surface area contributed by atoms with Gasteiger partial charge in [0.2, 0.25) is 0 Å². The summed E-state index contributed by atoms with van der Waals surface area (Å²) in [7, 11) is 0. The SMILES string of the molecule is C=CCCC1CC(C)(C)N([O])C(C)(C)C1. The van der Waals surface area contributed by atoms with E-state index in [0.29, 0.717) is 5.92 Å². The van der Waals surface area contributed by atoms with Gasteiger partial charge in [-0.05, 0) is 59.3 Å². The molecule has 0 spiro atoms. The smallest absolute Gasteiger partial charge is 0.0446 e. The summed E-state index contributed by atoms with van der Waals surface area (Å²) in [6.07, 6.45) is 6.23. The first-order valence-electron chi connectivity index (χ1n) is 5.88. The van der Waals surface area contributed by atoms with Crippen molar-refractivity contribution in [3.8, 4) is 0 Å². The third-order valence-corrected chi connectivity index (χ3v) is 3.46. The lowest BCUT2D eigenvalue weighted by Crippen LogP contribution is -2.58. The molecule has 0 unspecified atom stereocenters. The van der Waals surface area contributed by atoms with Gasteiger partial charge in [0, 0.05) is 11.1 Å². The van der Waals surface area contributed by atoms with Gasteiger partial charge in [-0.3, -0.25) is 0 Å². The number of allylic oxidation sites excluding steroid dienone is 1. The van der Waals surface area contributed by atoms with Crippen molar-refractivity contribution in [3.63, 3.8) is 0 Å². The summed E-state index contributed by atoms with van der Waals surface area (Å²) in [4.78, 5) is 0. The van der Waals surface area contributed by atoms with E-state index in [2.05, 4.69) is 34.3 Å². The van der Waals surface area contributed by atoms with Crippen LogP contribution in [-0.2, 0) is 5.21 Å². The summed E-state index contributed by atoms with van der Waals surface area (Å²) in [6.45, 7) is 12.0. The van der Waals surface area contributed by atoms with Crippen LogP contribution in [0.4, 0.5) is 0 Å². The Hall–Kier alpha value is -0.340. The molecule has 87 valence electrons. The lowest BCUT2D eigenvalue weighted by Gasteiger charge is -2.50. The highest BCUT2D eigenvalue weighted by Crippen LogP contribution is 2.41. The molecule has 0 aromatic heterocycles. The molecule has 1 radical (unpaired) electrons. The largest absolute Gasteiger partial charge is 0.144 e. The number of nitrogens with zero attached hydrogens (tertiary/aromatic N) is 1. The Morgan fingerprint density at radius 2 is 1.73 bits per heavy atom. The first-order valence-corrected chi connectivity index (χ1v) is 5.88. The Morgan fingerprint density at radius 1 is 1.27 bits per heavy atom. The third-order valence-electron chi connectivity index (χ3n) is 3.46. The van der Waals surface area contributed by atoms with Gasteiger partial charge in [-0.25, -0.2) is 0 Å². The van der Waals surface area contributed by atoms with Crippen molar-refractivity contribution in [2.75, 3.05) is 0 Å². The van der Waals surface area contributed by atoms with Crippen LogP contribution in [0, 0.1) is 5.92 Å². The Kier molecular flexibility index (Phi) is 3.62. The highest BCUT2D eigenvalue weighted by molar-refractivity contribution is 4.96. The van der Waals surface area contributed by atoms with E-state index >= 15 is 0 Å². The summed E-state index contributed by atoms with van der Waals surface area (Å²) in [5.74, 6) is 0.665. The molecule has 0 N–H and O–H groups in total. The van der Waals surface area contributed by atoms with Crippen molar-refractivity contribution in [2.24, 2.45) is 5.92 Å². The zero-order valence-corrected chi connectivity index (χ0v) is 10.5. The molecule has 0 aromatic rings. The molecule has 0 aliphatic carbocycles. The second-order valence-corrected chi connectivity index (χ2v) is 6.06. The fourth-order valence-electron chi connectivity index (χ4n) is 3.03. The quantitative estimate of drug-likeness (QED) is 0.653. The summed E-state index contributed by atoms with van der Waals surface area (Å²) in [6, 6.07) is 0. The average molecular weight is 210 g/mol. The number of hydrogen-bond acceptors (Lipinski definition) is 1. The predicted octanol–water partition coefficient (Wildman–Crippen LogP) is 3.57. The minimum absolute atomic E-state index is 0.215. The van der Waals surface area contributed by atoms with Crippen LogP contribution in [0.2, 0.25) is 0 Å². The van der Waals surface area contributed by atoms with Crippen LogP contribution >= 0.6 is 0 Å². The van der Waals surface area contributed by atoms with Gasteiger partial charge in [0.05, 0.1) is 0 Å². The van der Waals surface area contributed by atoms with E-state index in [9.17, 15) is 5.21 Å². The van der Waals surface area contributed by atoms with Gasteiger partial charge < -0.3 is 0 Å². The van der Waals surface area contributed by atoms with E-state index in [1.54, 1.807) is 0 Å². The van der Waals surface area contributed by atoms with Gasteiger partial charge in [-0.2, -0.15) is 0 Å². The molecular weight excluding hydrogens is 186 g/mol. The summed E-state index contributed by atoms with van der Waals surface area (Å²) < 4.78 is 0. The van der Waals surface area contributed by atoms with Crippen LogP contribution in [0.15, 0.2) is 12.7 Å². The van der Waals surface area contributed by atoms with Gasteiger partial charge >= 0.3 is 0 Å². The Labute approximate surface area is 93.9 Å². The van der Waals surface area contributed by atoms with Gasteiger partial charge in [0.15, 0.2) is 0 Å². The second kappa shape index (κ2) is 4.26. The van der Waals surface area contributed by atoms with Crippen molar-refractivity contribution < 1.29 is 5.21 Å². The minimum Gasteiger partial charge on any atom is -0.144 e. The average Bonchev–Trinajstić information content (AvgIpc) is 2.10. The Bertz CT molecular complexity index is 215. The number of rotatable bonds is 3. The third kappa shape index (κ3) is 2.82. The second-order valence-electron chi connectivity index (χ2n) is 6.06. The van der Waals surface area contributed by atoms with Crippen molar-refractivity contribution in [2.45, 2.75) is 64.5 Å². The zero-order valence-electron chi connectivity index (χ0n) is 10.5. The molecule has 0 aromatic carbocycles. The Balaban J connectivity index is 2.70. The van der Waals surface area contributed by atoms with Crippen LogP contribution < -0.4 is 0 Å². The number of hydroxylamine groups is 2. The van der Waals surface area contributed by atoms with E-state index in [-0.39, 0.29) is 11.1 Å². The highest BCUT2D eigenvalue weighted by atomic mass is 16.5. The molecule has 0 atom stereocenters. The van der Waals surface area contributed by atoms with Crippen molar-refractivity contribution in [1.29, 1.82) is 0 Å². The molecule has 1 aliphatic heterocycles. The van der Waals surface area contributed by atoms with Crippen LogP contribution in [-0.4, -0.2) is 16.1 Å². The van der Waals surface area contributed by atoms with E-state index in [4.69, 9.17) is 0 Å². The van der Waals surface area contributed by atoms with Crippen LogP contribution in [0.1, 0.15) is 53.4 Å². The van der Waals surface area contributed by atoms with Gasteiger partial charge in [-0.15, -0.1) is 16.8 Å². The summed E-state index contributed by atoms with van der Waals surface area (Å²) in [5.41, 5.74) is -0.429. The normalized spacial score (nSPS) is 26.5. The van der Waals surface area contributed by atoms with Crippen molar-refractivity contribution in [3.05, 3.63) is 12.7 Å². The maximum absolute atomic E-state index is 12.1. The molecule has 1 heterocycles. The molecule has 0 saturated carbocycles. The van der Waals surface area contributed by atoms with Crippen LogP contribution in [0.3, 0.4) is 0 Å². The zero-order chi connectivity index (χ0) is 11.7. The monoisotopic (exact) mass is 210 g/mol. The lowest BCUT2D eigenvalue weighted by molar-refractivity contribution is -0.294. The first-order chi connectivity index (χ1) is 6.79. The van der Waals surface area contributed by atoms with Gasteiger partial charge in [0.1, 0.15) is 0 Å². The molecule has 0 bridgehead atoms. The summed E-state index contributed by atoms with van der Waals surface area (Å²) >= 11 is 0. The van der Waals surface area contributed by atoms with E-state index < -0.39 is 0 Å². The number of piperidine rings is 1. The fraction of sp³-hybridized carbons (Fsp3) is 0.846. The molecular formula is C13H24NO. The van der Waals surface area contributed by atoms with Crippen molar-refractivity contribution >= 4 is 0 Å². The minimum atomic E-state index is -0.215. The fourth-order valence-corrected chi connectivity index (χ4v) is 3.03. The summed E-state index contributed by atoms with van der Waals surface area (Å²) in [5, 5.41) is 13.4. The van der Waals surface area contributed by atoms with Gasteiger partial charge in [0.25, 0.3) is 0 Å². The molecule has 2 nitrogen and oxygen atoms in total. The highest BCUT2D eigenvalue weighted by Gasteiger charge is 2.45. The van der Waals surface area contributed by atoms with Crippen LogP contribution in [0.25, 0.3) is 0 Å². The molecule has 1 rings (SSSR count). The molecule has 0 amide bonds. The lowest BCUT2D eigenvalue weighted by atomic mass is 9.74. The van der Waals surface area contributed by atoms with Crippen molar-refractivity contribution in [1.82, 2.24) is 5.06 Å². The van der Waals surface area contributed by atoms with E-state index in [1.807, 2.05) is 6.08 Å². The van der Waals surface area contributed by atoms with E-state index in [0.717, 1.165) is 19.3 Å². The molecule has 15 heavy (non-hydrogen) atoms. The standard InChI is InChI=1S/C13H24NO/c1-6-7-8-11-9-12(2,3)14(15)13(4,5)10-11/h6,11H,1,7-10H2,2-5H3.